The fourth-order valence-corrected chi connectivity index (χ4v) is 3.47. The molecule has 6 nitrogen and oxygen atoms in total. The number of hydrogen-bond donors (Lipinski definition) is 2. The zero-order valence-electron chi connectivity index (χ0n) is 16.0. The summed E-state index contributed by atoms with van der Waals surface area (Å²) in [7, 11) is 0. The number of nitrogens with two attached hydrogens (primary N) is 1. The quantitative estimate of drug-likeness (QED) is 0.408. The van der Waals surface area contributed by atoms with E-state index in [1.54, 1.807) is 0 Å². The van der Waals surface area contributed by atoms with Crippen molar-refractivity contribution in [2.45, 2.75) is 38.0 Å². The van der Waals surface area contributed by atoms with Gasteiger partial charge in [0.1, 0.15) is 24.7 Å². The van der Waals surface area contributed by atoms with Gasteiger partial charge in [-0.2, -0.15) is 5.10 Å². The van der Waals surface area contributed by atoms with Crippen LogP contribution in [0.3, 0.4) is 0 Å². The van der Waals surface area contributed by atoms with E-state index in [4.69, 9.17) is 15.2 Å². The molecule has 3 N–H and O–H groups in total. The molecule has 0 atom stereocenters. The highest BCUT2D eigenvalue weighted by Gasteiger charge is 2.15. The number of benzene rings is 2. The van der Waals surface area contributed by atoms with Crippen molar-refractivity contribution in [1.82, 2.24) is 5.43 Å². The first-order valence-electron chi connectivity index (χ1n) is 9.75. The number of ether oxygens (including phenoxy) is 2. The highest BCUT2D eigenvalue weighted by atomic mass is 16.5. The Hall–Kier alpha value is -3.02. The van der Waals surface area contributed by atoms with E-state index in [-0.39, 0.29) is 0 Å². The fourth-order valence-electron chi connectivity index (χ4n) is 3.47. The van der Waals surface area contributed by atoms with Crippen LogP contribution in [0.5, 0.6) is 11.5 Å². The molecule has 1 saturated carbocycles. The Balaban J connectivity index is 1.45. The average Bonchev–Trinajstić information content (AvgIpc) is 2.73. The molecular formula is C22H27N3O3. The van der Waals surface area contributed by atoms with Gasteiger partial charge in [0.15, 0.2) is 0 Å². The number of urea groups is 1. The van der Waals surface area contributed by atoms with Crippen LogP contribution in [0.15, 0.2) is 53.6 Å². The van der Waals surface area contributed by atoms with E-state index < -0.39 is 6.03 Å². The molecule has 0 heterocycles. The molecular weight excluding hydrogens is 354 g/mol. The third-order valence-electron chi connectivity index (χ3n) is 4.86. The first-order chi connectivity index (χ1) is 13.7. The van der Waals surface area contributed by atoms with Gasteiger partial charge in [0.2, 0.25) is 0 Å². The van der Waals surface area contributed by atoms with Gasteiger partial charge in [0.05, 0.1) is 6.21 Å². The third-order valence-corrected chi connectivity index (χ3v) is 4.86. The van der Waals surface area contributed by atoms with Crippen LogP contribution in [-0.4, -0.2) is 25.5 Å². The van der Waals surface area contributed by atoms with Crippen LogP contribution < -0.4 is 20.6 Å². The second-order valence-electron chi connectivity index (χ2n) is 6.87. The van der Waals surface area contributed by atoms with Crippen LogP contribution in [0.25, 0.3) is 0 Å². The van der Waals surface area contributed by atoms with Crippen molar-refractivity contribution in [2.24, 2.45) is 10.8 Å². The smallest absolute Gasteiger partial charge is 0.332 e. The van der Waals surface area contributed by atoms with E-state index in [1.165, 1.54) is 43.9 Å². The molecule has 0 radical (unpaired) electrons. The molecule has 0 spiro atoms. The van der Waals surface area contributed by atoms with Crippen molar-refractivity contribution in [3.05, 3.63) is 59.7 Å². The molecule has 6 heteroatoms. The summed E-state index contributed by atoms with van der Waals surface area (Å²) < 4.78 is 11.6. The van der Waals surface area contributed by atoms with Crippen molar-refractivity contribution < 1.29 is 14.3 Å². The maximum atomic E-state index is 10.7. The summed E-state index contributed by atoms with van der Waals surface area (Å²) in [5.74, 6) is 2.21. The molecule has 28 heavy (non-hydrogen) atoms. The van der Waals surface area contributed by atoms with Crippen molar-refractivity contribution in [1.29, 1.82) is 0 Å². The van der Waals surface area contributed by atoms with Crippen LogP contribution in [-0.2, 0) is 0 Å². The molecule has 2 aromatic carbocycles. The van der Waals surface area contributed by atoms with Crippen LogP contribution in [0, 0.1) is 0 Å². The molecule has 0 aromatic heterocycles. The molecule has 148 valence electrons. The standard InChI is InChI=1S/C22H27N3O3/c23-22(26)25-24-16-19-8-4-5-9-21(19)28-15-14-27-20-12-10-18(11-13-20)17-6-2-1-3-7-17/h4-5,8-13,16-17H,1-3,6-7,14-15H2,(H3,23,25,26)/b24-16-. The summed E-state index contributed by atoms with van der Waals surface area (Å²) in [6, 6.07) is 15.2. The Kier molecular flexibility index (Phi) is 7.29. The van der Waals surface area contributed by atoms with Gasteiger partial charge < -0.3 is 15.2 Å². The number of carbonyl (C=O) groups excluding carboxylic acids is 1. The number of rotatable bonds is 8. The van der Waals surface area contributed by atoms with E-state index in [9.17, 15) is 4.79 Å². The number of hydrazone groups is 1. The lowest BCUT2D eigenvalue weighted by Crippen LogP contribution is -2.24. The summed E-state index contributed by atoms with van der Waals surface area (Å²) in [6.07, 6.45) is 8.13. The molecule has 2 aromatic rings. The predicted molar refractivity (Wildman–Crippen MR) is 110 cm³/mol. The lowest BCUT2D eigenvalue weighted by molar-refractivity contribution is 0.217. The monoisotopic (exact) mass is 381 g/mol. The van der Waals surface area contributed by atoms with Gasteiger partial charge in [0, 0.05) is 5.56 Å². The van der Waals surface area contributed by atoms with Crippen molar-refractivity contribution in [2.75, 3.05) is 13.2 Å². The minimum absolute atomic E-state index is 0.401. The van der Waals surface area contributed by atoms with Gasteiger partial charge >= 0.3 is 6.03 Å². The van der Waals surface area contributed by atoms with Crippen molar-refractivity contribution >= 4 is 12.2 Å². The molecule has 3 rings (SSSR count). The maximum absolute atomic E-state index is 10.7. The molecule has 0 unspecified atom stereocenters. The molecule has 0 saturated heterocycles. The van der Waals surface area contributed by atoms with E-state index in [0.717, 1.165) is 11.3 Å². The topological polar surface area (TPSA) is 85.9 Å². The minimum atomic E-state index is -0.711. The second-order valence-corrected chi connectivity index (χ2v) is 6.87. The van der Waals surface area contributed by atoms with Crippen molar-refractivity contribution in [3.8, 4) is 11.5 Å². The first kappa shape index (κ1) is 19.7. The summed E-state index contributed by atoms with van der Waals surface area (Å²) >= 11 is 0. The highest BCUT2D eigenvalue weighted by Crippen LogP contribution is 2.33. The number of amides is 2. The van der Waals surface area contributed by atoms with Gasteiger partial charge in [-0.15, -0.1) is 0 Å². The van der Waals surface area contributed by atoms with Gasteiger partial charge in [-0.25, -0.2) is 10.2 Å². The summed E-state index contributed by atoms with van der Waals surface area (Å²) in [5.41, 5.74) is 9.32. The molecule has 1 fully saturated rings. The minimum Gasteiger partial charge on any atom is -0.490 e. The highest BCUT2D eigenvalue weighted by molar-refractivity contribution is 5.84. The predicted octanol–water partition coefficient (Wildman–Crippen LogP) is 4.19. The molecule has 2 amide bonds. The van der Waals surface area contributed by atoms with E-state index >= 15 is 0 Å². The Morgan fingerprint density at radius 3 is 2.50 bits per heavy atom. The largest absolute Gasteiger partial charge is 0.490 e. The zero-order valence-corrected chi connectivity index (χ0v) is 16.0. The fraction of sp³-hybridized carbons (Fsp3) is 0.364. The number of hydrogen-bond acceptors (Lipinski definition) is 4. The lowest BCUT2D eigenvalue weighted by Gasteiger charge is -2.22. The SMILES string of the molecule is NC(=O)N/N=C\c1ccccc1OCCOc1ccc(C2CCCCC2)cc1. The first-order valence-corrected chi connectivity index (χ1v) is 9.75. The Morgan fingerprint density at radius 1 is 1.04 bits per heavy atom. The normalized spacial score (nSPS) is 14.7. The van der Waals surface area contributed by atoms with Crippen LogP contribution in [0.2, 0.25) is 0 Å². The number of para-hydroxylation sites is 1. The molecule has 0 aliphatic heterocycles. The number of primary amides is 1. The Morgan fingerprint density at radius 2 is 1.75 bits per heavy atom. The molecule has 0 bridgehead atoms. The van der Waals surface area contributed by atoms with Crippen LogP contribution in [0.4, 0.5) is 4.79 Å². The lowest BCUT2D eigenvalue weighted by atomic mass is 9.84. The summed E-state index contributed by atoms with van der Waals surface area (Å²) in [6.45, 7) is 0.840. The zero-order chi connectivity index (χ0) is 19.6. The van der Waals surface area contributed by atoms with Crippen LogP contribution >= 0.6 is 0 Å². The van der Waals surface area contributed by atoms with E-state index in [1.807, 2.05) is 36.4 Å². The van der Waals surface area contributed by atoms with Crippen molar-refractivity contribution in [3.63, 3.8) is 0 Å². The molecule has 1 aliphatic carbocycles. The maximum Gasteiger partial charge on any atom is 0.332 e. The second kappa shape index (κ2) is 10.3. The third kappa shape index (κ3) is 6.01. The number of nitrogens with zero attached hydrogens (tertiary/aromatic N) is 1. The summed E-state index contributed by atoms with van der Waals surface area (Å²) in [5, 5.41) is 3.76. The molecule has 1 aliphatic rings. The number of nitrogens with one attached hydrogen (secondary N) is 1. The van der Waals surface area contributed by atoms with Gasteiger partial charge in [-0.05, 0) is 48.6 Å². The van der Waals surface area contributed by atoms with Gasteiger partial charge in [-0.1, -0.05) is 43.5 Å². The van der Waals surface area contributed by atoms with Crippen LogP contribution in [0.1, 0.15) is 49.1 Å². The van der Waals surface area contributed by atoms with Gasteiger partial charge in [-0.3, -0.25) is 0 Å². The Bertz CT molecular complexity index is 784. The summed E-state index contributed by atoms with van der Waals surface area (Å²) in [4.78, 5) is 10.7. The average molecular weight is 381 g/mol. The Labute approximate surface area is 165 Å². The van der Waals surface area contributed by atoms with Gasteiger partial charge in [0.25, 0.3) is 0 Å². The van der Waals surface area contributed by atoms with E-state index in [0.29, 0.717) is 24.9 Å². The number of carbonyl (C=O) groups is 1. The van der Waals surface area contributed by atoms with E-state index in [2.05, 4.69) is 22.7 Å².